The minimum absolute atomic E-state index is 0.00305. The largest absolute Gasteiger partial charge is 0.390 e. The van der Waals surface area contributed by atoms with E-state index >= 15 is 0 Å². The summed E-state index contributed by atoms with van der Waals surface area (Å²) >= 11 is 0. The number of alkyl halides is 2. The summed E-state index contributed by atoms with van der Waals surface area (Å²) in [6.07, 6.45) is -1.68. The molecule has 0 aliphatic heterocycles. The molecule has 0 fully saturated rings. The van der Waals surface area contributed by atoms with Crippen molar-refractivity contribution in [2.24, 2.45) is 0 Å². The Morgan fingerprint density at radius 3 is 2.31 bits per heavy atom. The number of nitrogens with one attached hydrogen (secondary N) is 2. The minimum atomic E-state index is -2.72. The van der Waals surface area contributed by atoms with Crippen LogP contribution < -0.4 is 10.6 Å². The number of rotatable bonds is 7. The normalized spacial score (nSPS) is 15.1. The fourth-order valence-electron chi connectivity index (χ4n) is 3.28. The molecular formula is C20H22F2N2O2. The number of fused-ring (bicyclic) bond motifs is 1. The van der Waals surface area contributed by atoms with Gasteiger partial charge in [0.25, 0.3) is 12.3 Å². The zero-order valence-corrected chi connectivity index (χ0v) is 14.3. The lowest BCUT2D eigenvalue weighted by Gasteiger charge is -2.17. The molecule has 0 saturated heterocycles. The molecule has 26 heavy (non-hydrogen) atoms. The van der Waals surface area contributed by atoms with Gasteiger partial charge in [-0.25, -0.2) is 8.78 Å². The third kappa shape index (κ3) is 4.45. The van der Waals surface area contributed by atoms with Gasteiger partial charge in [0.1, 0.15) is 0 Å². The number of hydrogen-bond donors (Lipinski definition) is 3. The highest BCUT2D eigenvalue weighted by Crippen LogP contribution is 2.23. The molecule has 1 aliphatic carbocycles. The number of carbonyl (C=O) groups is 1. The van der Waals surface area contributed by atoms with Crippen LogP contribution in [0.1, 0.15) is 33.5 Å². The van der Waals surface area contributed by atoms with Gasteiger partial charge in [0.2, 0.25) is 0 Å². The van der Waals surface area contributed by atoms with E-state index in [1.54, 1.807) is 0 Å². The third-order valence-corrected chi connectivity index (χ3v) is 4.63. The van der Waals surface area contributed by atoms with Crippen molar-refractivity contribution in [3.63, 3.8) is 0 Å². The van der Waals surface area contributed by atoms with Crippen molar-refractivity contribution in [3.05, 3.63) is 70.8 Å². The van der Waals surface area contributed by atoms with Crippen LogP contribution in [0.5, 0.6) is 0 Å². The van der Waals surface area contributed by atoms with Crippen LogP contribution in [0.15, 0.2) is 48.5 Å². The van der Waals surface area contributed by atoms with E-state index in [0.29, 0.717) is 6.54 Å². The van der Waals surface area contributed by atoms with Crippen LogP contribution in [0.4, 0.5) is 8.78 Å². The lowest BCUT2D eigenvalue weighted by atomic mass is 10.1. The number of amides is 1. The van der Waals surface area contributed by atoms with E-state index in [4.69, 9.17) is 0 Å². The smallest absolute Gasteiger partial charge is 0.264 e. The zero-order chi connectivity index (χ0) is 18.5. The van der Waals surface area contributed by atoms with Gasteiger partial charge < -0.3 is 15.7 Å². The molecule has 2 aromatic carbocycles. The van der Waals surface area contributed by atoms with Crippen LogP contribution in [-0.4, -0.2) is 36.2 Å². The maximum absolute atomic E-state index is 13.0. The minimum Gasteiger partial charge on any atom is -0.390 e. The van der Waals surface area contributed by atoms with Gasteiger partial charge in [0.05, 0.1) is 6.10 Å². The second-order valence-corrected chi connectivity index (χ2v) is 6.53. The highest BCUT2D eigenvalue weighted by molar-refractivity contribution is 5.95. The molecule has 1 amide bonds. The van der Waals surface area contributed by atoms with E-state index in [2.05, 4.69) is 22.8 Å². The summed E-state index contributed by atoms with van der Waals surface area (Å²) in [6.45, 7) is 0.332. The predicted octanol–water partition coefficient (Wildman–Crippen LogP) is 2.47. The molecule has 138 valence electrons. The van der Waals surface area contributed by atoms with Gasteiger partial charge in [0.15, 0.2) is 0 Å². The highest BCUT2D eigenvalue weighted by Gasteiger charge is 2.22. The Balaban J connectivity index is 1.45. The summed E-state index contributed by atoms with van der Waals surface area (Å²) in [6, 6.07) is 14.1. The van der Waals surface area contributed by atoms with E-state index in [1.807, 2.05) is 12.1 Å². The van der Waals surface area contributed by atoms with Crippen molar-refractivity contribution < 1.29 is 18.7 Å². The summed E-state index contributed by atoms with van der Waals surface area (Å²) in [5, 5.41) is 15.9. The van der Waals surface area contributed by atoms with Gasteiger partial charge in [-0.2, -0.15) is 0 Å². The molecule has 3 rings (SSSR count). The molecule has 4 nitrogen and oxygen atoms in total. The van der Waals surface area contributed by atoms with Crippen molar-refractivity contribution in [1.82, 2.24) is 10.6 Å². The van der Waals surface area contributed by atoms with Gasteiger partial charge in [-0.15, -0.1) is 0 Å². The molecule has 0 heterocycles. The number of hydrogen-bond acceptors (Lipinski definition) is 3. The van der Waals surface area contributed by atoms with Crippen molar-refractivity contribution in [3.8, 4) is 0 Å². The monoisotopic (exact) mass is 360 g/mol. The molecule has 0 saturated carbocycles. The van der Waals surface area contributed by atoms with Crippen LogP contribution >= 0.6 is 0 Å². The van der Waals surface area contributed by atoms with Crippen molar-refractivity contribution in [1.29, 1.82) is 0 Å². The molecule has 1 atom stereocenters. The number of benzene rings is 2. The second kappa shape index (κ2) is 8.38. The Bertz CT molecular complexity index is 742. The first-order valence-electron chi connectivity index (χ1n) is 8.68. The molecule has 6 heteroatoms. The first kappa shape index (κ1) is 18.5. The van der Waals surface area contributed by atoms with E-state index in [-0.39, 0.29) is 23.7 Å². The van der Waals surface area contributed by atoms with E-state index in [0.717, 1.165) is 12.8 Å². The van der Waals surface area contributed by atoms with E-state index in [1.165, 1.54) is 35.4 Å². The highest BCUT2D eigenvalue weighted by atomic mass is 19.3. The van der Waals surface area contributed by atoms with Gasteiger partial charge >= 0.3 is 0 Å². The topological polar surface area (TPSA) is 61.4 Å². The van der Waals surface area contributed by atoms with Crippen molar-refractivity contribution in [2.75, 3.05) is 13.1 Å². The zero-order valence-electron chi connectivity index (χ0n) is 14.3. The maximum atomic E-state index is 13.0. The fraction of sp³-hybridized carbons (Fsp3) is 0.350. The summed E-state index contributed by atoms with van der Waals surface area (Å²) in [7, 11) is 0. The lowest BCUT2D eigenvalue weighted by Crippen LogP contribution is -2.42. The van der Waals surface area contributed by atoms with Crippen LogP contribution in [-0.2, 0) is 12.8 Å². The number of aliphatic hydroxyl groups excluding tert-OH is 1. The van der Waals surface area contributed by atoms with Gasteiger partial charge in [-0.3, -0.25) is 4.79 Å². The Kier molecular flexibility index (Phi) is 5.96. The molecule has 0 spiro atoms. The first-order valence-corrected chi connectivity index (χ1v) is 8.68. The first-order chi connectivity index (χ1) is 12.5. The molecule has 1 unspecified atom stereocenters. The fourth-order valence-corrected chi connectivity index (χ4v) is 3.28. The molecule has 0 radical (unpaired) electrons. The van der Waals surface area contributed by atoms with Gasteiger partial charge in [-0.1, -0.05) is 42.5 Å². The number of carbonyl (C=O) groups excluding carboxylic acids is 1. The Morgan fingerprint density at radius 1 is 1.04 bits per heavy atom. The predicted molar refractivity (Wildman–Crippen MR) is 95.4 cm³/mol. The summed E-state index contributed by atoms with van der Waals surface area (Å²) in [5.41, 5.74) is 2.27. The summed E-state index contributed by atoms with van der Waals surface area (Å²) in [5.74, 6) is -0.603. The SMILES string of the molecule is O=C(NCC(O)CNC1Cc2ccccc2C1)c1ccccc1C(F)F. The Morgan fingerprint density at radius 2 is 1.65 bits per heavy atom. The van der Waals surface area contributed by atoms with Crippen molar-refractivity contribution >= 4 is 5.91 Å². The molecular weight excluding hydrogens is 338 g/mol. The van der Waals surface area contributed by atoms with Gasteiger partial charge in [0, 0.05) is 30.3 Å². The van der Waals surface area contributed by atoms with E-state index in [9.17, 15) is 18.7 Å². The van der Waals surface area contributed by atoms with Crippen molar-refractivity contribution in [2.45, 2.75) is 31.4 Å². The molecule has 2 aromatic rings. The Hall–Kier alpha value is -2.31. The molecule has 1 aliphatic rings. The third-order valence-electron chi connectivity index (χ3n) is 4.63. The van der Waals surface area contributed by atoms with Gasteiger partial charge in [-0.05, 0) is 30.0 Å². The van der Waals surface area contributed by atoms with Crippen LogP contribution in [0.25, 0.3) is 0 Å². The van der Waals surface area contributed by atoms with Crippen LogP contribution in [0.2, 0.25) is 0 Å². The molecule has 0 bridgehead atoms. The summed E-state index contributed by atoms with van der Waals surface area (Å²) in [4.78, 5) is 12.1. The average molecular weight is 360 g/mol. The van der Waals surface area contributed by atoms with E-state index < -0.39 is 18.4 Å². The van der Waals surface area contributed by atoms with Crippen LogP contribution in [0, 0.1) is 0 Å². The number of aliphatic hydroxyl groups is 1. The quantitative estimate of drug-likeness (QED) is 0.711. The van der Waals surface area contributed by atoms with Crippen LogP contribution in [0.3, 0.4) is 0 Å². The standard InChI is InChI=1S/C20H22F2N2O2/c21-19(22)17-7-3-4-8-18(17)20(26)24-12-16(25)11-23-15-9-13-5-1-2-6-14(13)10-15/h1-8,15-16,19,23,25H,9-12H2,(H,24,26). The molecule has 0 aromatic heterocycles. The Labute approximate surface area is 151 Å². The summed E-state index contributed by atoms with van der Waals surface area (Å²) < 4.78 is 25.9. The second-order valence-electron chi connectivity index (χ2n) is 6.53. The maximum Gasteiger partial charge on any atom is 0.264 e. The molecule has 3 N–H and O–H groups in total. The number of halogens is 2. The average Bonchev–Trinajstić information content (AvgIpc) is 3.07. The lowest BCUT2D eigenvalue weighted by molar-refractivity contribution is 0.0901.